The molecule has 0 unspecified atom stereocenters. The van der Waals surface area contributed by atoms with Gasteiger partial charge in [-0.15, -0.1) is 0 Å². The smallest absolute Gasteiger partial charge is 0.294 e. The number of nitro groups is 1. The molecule has 39 heavy (non-hydrogen) atoms. The van der Waals surface area contributed by atoms with E-state index >= 15 is 0 Å². The number of carbonyl (C=O) groups is 2. The van der Waals surface area contributed by atoms with Crippen molar-refractivity contribution in [3.05, 3.63) is 111 Å². The molecular weight excluding hydrogens is 520 g/mol. The summed E-state index contributed by atoms with van der Waals surface area (Å²) in [5.41, 5.74) is 3.37. The molecule has 1 saturated carbocycles. The number of rotatable bonds is 6. The van der Waals surface area contributed by atoms with Gasteiger partial charge in [0.15, 0.2) is 0 Å². The molecule has 0 aromatic heterocycles. The molecule has 3 aromatic carbocycles. The molecule has 1 aliphatic heterocycles. The van der Waals surface area contributed by atoms with Gasteiger partial charge < -0.3 is 9.47 Å². The average Bonchev–Trinajstić information content (AvgIpc) is 3.58. The normalized spacial score (nSPS) is 22.8. The summed E-state index contributed by atoms with van der Waals surface area (Å²) in [5.74, 6) is -1.39. The van der Waals surface area contributed by atoms with Crippen molar-refractivity contribution in [1.82, 2.24) is 0 Å². The molecule has 2 bridgehead atoms. The number of carbonyl (C=O) groups excluding carboxylic acids is 2. The van der Waals surface area contributed by atoms with Crippen LogP contribution in [0, 0.1) is 33.8 Å². The molecule has 2 amide bonds. The molecule has 4 atom stereocenters. The number of methoxy groups -OCH3 is 2. The van der Waals surface area contributed by atoms with Crippen molar-refractivity contribution in [3.63, 3.8) is 0 Å². The first-order valence-corrected chi connectivity index (χ1v) is 12.7. The minimum absolute atomic E-state index is 0.0516. The molecule has 0 radical (unpaired) electrons. The van der Waals surface area contributed by atoms with Gasteiger partial charge in [-0.2, -0.15) is 0 Å². The molecule has 2 aliphatic carbocycles. The minimum Gasteiger partial charge on any atom is -0.497 e. The summed E-state index contributed by atoms with van der Waals surface area (Å²) in [6.45, 7) is 0. The summed E-state index contributed by atoms with van der Waals surface area (Å²) in [7, 11) is 3.21. The maximum Gasteiger partial charge on any atom is 0.294 e. The lowest BCUT2D eigenvalue weighted by Gasteiger charge is -2.22. The Hall–Kier alpha value is -4.43. The number of hydrogen-bond donors (Lipinski definition) is 0. The van der Waals surface area contributed by atoms with Gasteiger partial charge >= 0.3 is 0 Å². The molecule has 3 aromatic rings. The average molecular weight is 543 g/mol. The third-order valence-electron chi connectivity index (χ3n) is 7.84. The highest BCUT2D eigenvalue weighted by molar-refractivity contribution is 6.31. The zero-order valence-electron chi connectivity index (χ0n) is 21.0. The summed E-state index contributed by atoms with van der Waals surface area (Å²) in [6, 6.07) is 19.3. The van der Waals surface area contributed by atoms with E-state index in [9.17, 15) is 19.7 Å². The highest BCUT2D eigenvalue weighted by atomic mass is 35.5. The van der Waals surface area contributed by atoms with Crippen LogP contribution in [-0.4, -0.2) is 31.0 Å². The zero-order chi connectivity index (χ0) is 27.4. The van der Waals surface area contributed by atoms with Crippen LogP contribution in [0.25, 0.3) is 5.57 Å². The van der Waals surface area contributed by atoms with Crippen LogP contribution in [0.1, 0.15) is 11.1 Å². The van der Waals surface area contributed by atoms with E-state index < -0.39 is 28.6 Å². The Bertz CT molecular complexity index is 1490. The third-order valence-corrected chi connectivity index (χ3v) is 8.07. The van der Waals surface area contributed by atoms with Gasteiger partial charge in [-0.25, -0.2) is 4.90 Å². The van der Waals surface area contributed by atoms with Crippen LogP contribution in [0.2, 0.25) is 5.02 Å². The molecule has 1 heterocycles. The van der Waals surface area contributed by atoms with E-state index in [-0.39, 0.29) is 28.2 Å². The number of amides is 2. The predicted molar refractivity (Wildman–Crippen MR) is 146 cm³/mol. The van der Waals surface area contributed by atoms with Gasteiger partial charge in [-0.1, -0.05) is 48.0 Å². The topological polar surface area (TPSA) is 99.0 Å². The van der Waals surface area contributed by atoms with Crippen LogP contribution in [0.3, 0.4) is 0 Å². The number of nitro benzene ring substituents is 1. The van der Waals surface area contributed by atoms with Gasteiger partial charge in [-0.05, 0) is 58.7 Å². The van der Waals surface area contributed by atoms with Gasteiger partial charge in [0.2, 0.25) is 11.8 Å². The van der Waals surface area contributed by atoms with E-state index in [2.05, 4.69) is 0 Å². The summed E-state index contributed by atoms with van der Waals surface area (Å²) >= 11 is 5.98. The number of imide groups is 1. The van der Waals surface area contributed by atoms with Crippen LogP contribution < -0.4 is 14.4 Å². The summed E-state index contributed by atoms with van der Waals surface area (Å²) < 4.78 is 10.7. The van der Waals surface area contributed by atoms with Crippen LogP contribution in [0.5, 0.6) is 11.5 Å². The molecule has 9 heteroatoms. The first-order valence-electron chi connectivity index (χ1n) is 12.4. The van der Waals surface area contributed by atoms with Crippen molar-refractivity contribution in [2.45, 2.75) is 0 Å². The van der Waals surface area contributed by atoms with Gasteiger partial charge in [0.05, 0.1) is 31.0 Å². The second-order valence-electron chi connectivity index (χ2n) is 9.68. The lowest BCUT2D eigenvalue weighted by Crippen LogP contribution is -2.33. The Morgan fingerprint density at radius 2 is 1.31 bits per heavy atom. The van der Waals surface area contributed by atoms with Crippen LogP contribution in [0.4, 0.5) is 11.4 Å². The highest BCUT2D eigenvalue weighted by Crippen LogP contribution is 2.59. The van der Waals surface area contributed by atoms with Crippen molar-refractivity contribution in [2.75, 3.05) is 19.1 Å². The fourth-order valence-electron chi connectivity index (χ4n) is 6.18. The number of allylic oxidation sites excluding steroid dienone is 3. The Kier molecular flexibility index (Phi) is 5.99. The Morgan fingerprint density at radius 1 is 0.821 bits per heavy atom. The van der Waals surface area contributed by atoms with E-state index in [0.717, 1.165) is 33.2 Å². The second kappa shape index (κ2) is 9.39. The summed E-state index contributed by atoms with van der Waals surface area (Å²) in [5, 5.41) is 11.9. The van der Waals surface area contributed by atoms with Gasteiger partial charge in [0.25, 0.3) is 5.69 Å². The van der Waals surface area contributed by atoms with Crippen molar-refractivity contribution in [2.24, 2.45) is 23.7 Å². The molecule has 6 rings (SSSR count). The van der Waals surface area contributed by atoms with Gasteiger partial charge in [0, 0.05) is 22.9 Å². The monoisotopic (exact) mass is 542 g/mol. The first-order chi connectivity index (χ1) is 18.8. The lowest BCUT2D eigenvalue weighted by atomic mass is 9.85. The number of hydrogen-bond acceptors (Lipinski definition) is 6. The molecule has 2 fully saturated rings. The SMILES string of the molecule is COc1ccc(C(=C2[C@H]3C=C[C@H]2[C@H]2C(=O)N(c4ccc(Cl)cc4[N+](=O)[O-])C(=O)[C@H]23)c2ccc(OC)cc2)cc1. The Labute approximate surface area is 229 Å². The third kappa shape index (κ3) is 3.82. The molecule has 8 nitrogen and oxygen atoms in total. The molecule has 1 saturated heterocycles. The van der Waals surface area contributed by atoms with Crippen LogP contribution in [0.15, 0.2) is 84.5 Å². The number of nitrogens with zero attached hydrogens (tertiary/aromatic N) is 2. The van der Waals surface area contributed by atoms with Crippen LogP contribution in [-0.2, 0) is 9.59 Å². The Morgan fingerprint density at radius 3 is 1.74 bits per heavy atom. The van der Waals surface area contributed by atoms with E-state index in [4.69, 9.17) is 21.1 Å². The lowest BCUT2D eigenvalue weighted by molar-refractivity contribution is -0.384. The molecule has 196 valence electrons. The molecule has 0 spiro atoms. The van der Waals surface area contributed by atoms with Gasteiger partial charge in [0.1, 0.15) is 17.2 Å². The first kappa shape index (κ1) is 24.9. The van der Waals surface area contributed by atoms with Gasteiger partial charge in [-0.3, -0.25) is 19.7 Å². The fourth-order valence-corrected chi connectivity index (χ4v) is 6.35. The minimum atomic E-state index is -0.649. The predicted octanol–water partition coefficient (Wildman–Crippen LogP) is 5.69. The molecular formula is C30H23ClN2O6. The maximum atomic E-state index is 13.8. The van der Waals surface area contributed by atoms with E-state index in [1.54, 1.807) is 14.2 Å². The number of ether oxygens (including phenoxy) is 2. The van der Waals surface area contributed by atoms with E-state index in [0.29, 0.717) is 11.5 Å². The standard InChI is InChI=1S/C30H23ClN2O6/c1-38-19-8-3-16(4-9-19)25(17-5-10-20(39-2)11-6-17)26-21-12-13-22(26)28-27(21)29(34)32(30(28)35)23-14-7-18(31)15-24(23)33(36)37/h3-15,21-22,27-28H,1-2H3/t21-,22-,27-,28+/m1/s1. The second-order valence-corrected chi connectivity index (χ2v) is 10.1. The quantitative estimate of drug-likeness (QED) is 0.172. The van der Waals surface area contributed by atoms with Crippen molar-refractivity contribution in [3.8, 4) is 11.5 Å². The largest absolute Gasteiger partial charge is 0.497 e. The summed E-state index contributed by atoms with van der Waals surface area (Å²) in [4.78, 5) is 39.7. The fraction of sp³-hybridized carbons (Fsp3) is 0.200. The zero-order valence-corrected chi connectivity index (χ0v) is 21.8. The van der Waals surface area contributed by atoms with Crippen molar-refractivity contribution >= 4 is 40.4 Å². The van der Waals surface area contributed by atoms with E-state index in [1.807, 2.05) is 60.7 Å². The molecule has 3 aliphatic rings. The van der Waals surface area contributed by atoms with Crippen molar-refractivity contribution in [1.29, 1.82) is 0 Å². The number of fused-ring (bicyclic) bond motifs is 5. The Balaban J connectivity index is 1.47. The van der Waals surface area contributed by atoms with E-state index in [1.165, 1.54) is 12.1 Å². The number of anilines is 1. The number of benzene rings is 3. The maximum absolute atomic E-state index is 13.8. The van der Waals surface area contributed by atoms with Crippen molar-refractivity contribution < 1.29 is 24.0 Å². The molecule has 0 N–H and O–H groups in total. The summed E-state index contributed by atoms with van der Waals surface area (Å²) in [6.07, 6.45) is 3.97. The number of halogens is 1. The van der Waals surface area contributed by atoms with Crippen LogP contribution >= 0.6 is 11.6 Å². The highest BCUT2D eigenvalue weighted by Gasteiger charge is 2.63.